The predicted molar refractivity (Wildman–Crippen MR) is 112 cm³/mol. The molecule has 0 bridgehead atoms. The molecule has 3 heterocycles. The number of pyridine rings is 1. The molecule has 0 radical (unpaired) electrons. The lowest BCUT2D eigenvalue weighted by Crippen LogP contribution is -2.53. The molecule has 2 aromatic heterocycles. The van der Waals surface area contributed by atoms with Crippen LogP contribution in [0.1, 0.15) is 21.1 Å². The number of carbonyl (C=O) groups is 1. The van der Waals surface area contributed by atoms with Crippen molar-refractivity contribution >= 4 is 17.2 Å². The fourth-order valence-electron chi connectivity index (χ4n) is 3.42. The number of fused-ring (bicyclic) bond motifs is 1. The minimum Gasteiger partial charge on any atom is -0.502 e. The summed E-state index contributed by atoms with van der Waals surface area (Å²) in [5.74, 6) is -4.45. The van der Waals surface area contributed by atoms with Gasteiger partial charge < -0.3 is 14.7 Å². The fraction of sp³-hybridized carbons (Fsp3) is 0.300. The second kappa shape index (κ2) is 8.83. The number of ether oxygens (including phenoxy) is 1. The maximum Gasteiger partial charge on any atom is 0.277 e. The van der Waals surface area contributed by atoms with Crippen LogP contribution in [0.5, 0.6) is 5.75 Å². The number of aromatic hydroxyl groups is 1. The number of nitrogens with zero attached hydrogens (tertiary/aromatic N) is 5. The average Bonchev–Trinajstić information content (AvgIpc) is 3.22. The van der Waals surface area contributed by atoms with E-state index in [-0.39, 0.29) is 39.9 Å². The number of amides is 1. The quantitative estimate of drug-likeness (QED) is 0.572. The molecule has 1 amide bonds. The van der Waals surface area contributed by atoms with E-state index in [0.29, 0.717) is 25.3 Å². The molecule has 0 atom stereocenters. The highest BCUT2D eigenvalue weighted by Gasteiger charge is 2.32. The van der Waals surface area contributed by atoms with E-state index in [2.05, 4.69) is 10.2 Å². The van der Waals surface area contributed by atoms with Crippen molar-refractivity contribution in [3.05, 3.63) is 62.3 Å². The fourth-order valence-corrected chi connectivity index (χ4v) is 4.28. The van der Waals surface area contributed by atoms with Gasteiger partial charge >= 0.3 is 0 Å². The highest BCUT2D eigenvalue weighted by molar-refractivity contribution is 7.14. The van der Waals surface area contributed by atoms with E-state index in [1.165, 1.54) is 29.9 Å². The van der Waals surface area contributed by atoms with Gasteiger partial charge in [-0.3, -0.25) is 19.3 Å². The third-order valence-electron chi connectivity index (χ3n) is 5.08. The third-order valence-corrected chi connectivity index (χ3v) is 6.03. The lowest BCUT2D eigenvalue weighted by Gasteiger charge is -2.38. The molecule has 0 spiro atoms. The van der Waals surface area contributed by atoms with E-state index in [1.807, 2.05) is 0 Å². The summed E-state index contributed by atoms with van der Waals surface area (Å²) in [6.45, 7) is 0.857. The zero-order valence-electron chi connectivity index (χ0n) is 17.5. The molecule has 13 heteroatoms. The van der Waals surface area contributed by atoms with Crippen molar-refractivity contribution in [2.75, 3.05) is 39.0 Å². The summed E-state index contributed by atoms with van der Waals surface area (Å²) < 4.78 is 47.6. The predicted octanol–water partition coefficient (Wildman–Crippen LogP) is 1.71. The van der Waals surface area contributed by atoms with Crippen LogP contribution in [0.15, 0.2) is 23.1 Å². The molecule has 1 N–H and O–H groups in total. The van der Waals surface area contributed by atoms with E-state index < -0.39 is 34.5 Å². The van der Waals surface area contributed by atoms with E-state index in [4.69, 9.17) is 4.74 Å². The molecular formula is C20H18F3N5O4S. The normalized spacial score (nSPS) is 13.5. The molecule has 174 valence electrons. The van der Waals surface area contributed by atoms with Gasteiger partial charge in [0.1, 0.15) is 29.1 Å². The van der Waals surface area contributed by atoms with Gasteiger partial charge in [0.15, 0.2) is 16.5 Å². The topological polar surface area (TPSA) is 101 Å². The Kier molecular flexibility index (Phi) is 6.08. The molecule has 0 saturated carbocycles. The van der Waals surface area contributed by atoms with Crippen molar-refractivity contribution in [2.45, 2.75) is 6.42 Å². The molecule has 0 unspecified atom stereocenters. The zero-order valence-corrected chi connectivity index (χ0v) is 18.3. The molecule has 0 saturated heterocycles. The van der Waals surface area contributed by atoms with Gasteiger partial charge in [-0.05, 0) is 0 Å². The maximum atomic E-state index is 14.0. The van der Waals surface area contributed by atoms with Gasteiger partial charge in [0.05, 0.1) is 18.7 Å². The summed E-state index contributed by atoms with van der Waals surface area (Å²) in [5, 5.41) is 20.3. The van der Waals surface area contributed by atoms with Gasteiger partial charge in [-0.2, -0.15) is 0 Å². The molecule has 33 heavy (non-hydrogen) atoms. The van der Waals surface area contributed by atoms with Crippen LogP contribution in [0.3, 0.4) is 0 Å². The van der Waals surface area contributed by atoms with Crippen molar-refractivity contribution in [3.63, 3.8) is 0 Å². The van der Waals surface area contributed by atoms with E-state index >= 15 is 0 Å². The van der Waals surface area contributed by atoms with Crippen molar-refractivity contribution in [1.82, 2.24) is 19.8 Å². The number of benzene rings is 1. The monoisotopic (exact) mass is 481 g/mol. The Morgan fingerprint density at radius 3 is 2.55 bits per heavy atom. The zero-order chi connectivity index (χ0) is 23.9. The number of hydrogen-bond donors (Lipinski definition) is 1. The summed E-state index contributed by atoms with van der Waals surface area (Å²) in [4.78, 5) is 26.8. The lowest BCUT2D eigenvalue weighted by molar-refractivity contribution is 0.0725. The Bertz CT molecular complexity index is 1270. The van der Waals surface area contributed by atoms with Crippen LogP contribution >= 0.6 is 11.3 Å². The average molecular weight is 481 g/mol. The number of carbonyl (C=O) groups excluding carboxylic acids is 1. The minimum atomic E-state index is -1.06. The first kappa shape index (κ1) is 22.7. The Balaban J connectivity index is 1.74. The van der Waals surface area contributed by atoms with Crippen molar-refractivity contribution in [2.24, 2.45) is 0 Å². The first-order chi connectivity index (χ1) is 15.7. The van der Waals surface area contributed by atoms with Crippen LogP contribution in [0, 0.1) is 17.5 Å². The van der Waals surface area contributed by atoms with Crippen molar-refractivity contribution in [3.8, 4) is 16.3 Å². The van der Waals surface area contributed by atoms with Crippen LogP contribution in [0.2, 0.25) is 0 Å². The Hall–Kier alpha value is -3.45. The molecular weight excluding hydrogens is 463 g/mol. The summed E-state index contributed by atoms with van der Waals surface area (Å²) in [7, 11) is 3.05. The SMILES string of the molecule is COCCN1CN(C)C(=O)c2c(O)c(=O)c(-c3nnc(Cc4c(F)cc(F)cc4F)s3)cn21. The molecule has 9 nitrogen and oxygen atoms in total. The summed E-state index contributed by atoms with van der Waals surface area (Å²) in [6, 6.07) is 1.13. The van der Waals surface area contributed by atoms with Crippen LogP contribution in [-0.2, 0) is 11.2 Å². The molecule has 1 aliphatic rings. The summed E-state index contributed by atoms with van der Waals surface area (Å²) in [6.07, 6.45) is 1.05. The van der Waals surface area contributed by atoms with Gasteiger partial charge in [-0.25, -0.2) is 13.2 Å². The number of aromatic nitrogens is 3. The highest BCUT2D eigenvalue weighted by atomic mass is 32.1. The van der Waals surface area contributed by atoms with Crippen molar-refractivity contribution in [1.29, 1.82) is 0 Å². The molecule has 4 rings (SSSR count). The minimum absolute atomic E-state index is 0.0418. The van der Waals surface area contributed by atoms with Crippen LogP contribution in [0.4, 0.5) is 13.2 Å². The van der Waals surface area contributed by atoms with Gasteiger partial charge in [0.25, 0.3) is 5.91 Å². The Morgan fingerprint density at radius 2 is 1.88 bits per heavy atom. The lowest BCUT2D eigenvalue weighted by atomic mass is 10.1. The number of hydrogen-bond acceptors (Lipinski definition) is 8. The second-order valence-corrected chi connectivity index (χ2v) is 8.37. The van der Waals surface area contributed by atoms with Crippen LogP contribution < -0.4 is 10.4 Å². The van der Waals surface area contributed by atoms with Crippen LogP contribution in [-0.4, -0.2) is 64.8 Å². The van der Waals surface area contributed by atoms with Gasteiger partial charge in [-0.15, -0.1) is 10.2 Å². The number of rotatable bonds is 6. The molecule has 1 aliphatic heterocycles. The largest absolute Gasteiger partial charge is 0.502 e. The summed E-state index contributed by atoms with van der Waals surface area (Å²) >= 11 is 0.884. The molecule has 0 fully saturated rings. The van der Waals surface area contributed by atoms with Gasteiger partial charge in [0.2, 0.25) is 5.43 Å². The maximum absolute atomic E-state index is 14.0. The highest BCUT2D eigenvalue weighted by Crippen LogP contribution is 2.28. The molecule has 0 aliphatic carbocycles. The van der Waals surface area contributed by atoms with E-state index in [1.54, 1.807) is 5.01 Å². The Morgan fingerprint density at radius 1 is 1.18 bits per heavy atom. The third kappa shape index (κ3) is 4.16. The second-order valence-electron chi connectivity index (χ2n) is 7.31. The van der Waals surface area contributed by atoms with E-state index in [9.17, 15) is 27.9 Å². The van der Waals surface area contributed by atoms with Gasteiger partial charge in [-0.1, -0.05) is 11.3 Å². The van der Waals surface area contributed by atoms with Crippen LogP contribution in [0.25, 0.3) is 10.6 Å². The first-order valence-electron chi connectivity index (χ1n) is 9.65. The molecule has 1 aromatic carbocycles. The van der Waals surface area contributed by atoms with E-state index in [0.717, 1.165) is 11.3 Å². The van der Waals surface area contributed by atoms with Crippen molar-refractivity contribution < 1.29 is 27.8 Å². The Labute approximate surface area is 189 Å². The smallest absolute Gasteiger partial charge is 0.277 e. The number of halogens is 3. The first-order valence-corrected chi connectivity index (χ1v) is 10.5. The molecule has 3 aromatic rings. The number of methoxy groups -OCH3 is 1. The van der Waals surface area contributed by atoms with Gasteiger partial charge in [0, 0.05) is 44.5 Å². The standard InChI is InChI=1S/C20H18F3N5O4S/c1-26-9-27(3-4-32-2)28-8-12(17(29)18(30)16(28)20(26)31)19-25-24-15(33-19)7-11-13(22)5-10(21)6-14(11)23/h5-6,8,30H,3-4,7,9H2,1-2H3. The summed E-state index contributed by atoms with van der Waals surface area (Å²) in [5.41, 5.74) is -1.46.